The third-order valence-corrected chi connectivity index (χ3v) is 10.2. The molecule has 0 saturated carbocycles. The van der Waals surface area contributed by atoms with Gasteiger partial charge in [-0.25, -0.2) is 0 Å². The predicted octanol–water partition coefficient (Wildman–Crippen LogP) is 4.34. The first kappa shape index (κ1) is 13.9. The van der Waals surface area contributed by atoms with Gasteiger partial charge in [0.25, 0.3) is 0 Å². The van der Waals surface area contributed by atoms with Crippen LogP contribution in [0.3, 0.4) is 0 Å². The topological polar surface area (TPSA) is 0 Å². The maximum atomic E-state index is 2.30. The van der Waals surface area contributed by atoms with Gasteiger partial charge in [0.15, 0.2) is 0 Å². The normalized spacial score (nSPS) is 11.0. The van der Waals surface area contributed by atoms with Crippen LogP contribution in [0.1, 0.15) is 19.8 Å². The Morgan fingerprint density at radius 2 is 1.33 bits per heavy atom. The summed E-state index contributed by atoms with van der Waals surface area (Å²) >= 11 is 0.644. The van der Waals surface area contributed by atoms with Crippen LogP contribution >= 0.6 is 6.25 Å². The fourth-order valence-electron chi connectivity index (χ4n) is 1.62. The summed E-state index contributed by atoms with van der Waals surface area (Å²) in [7, 11) is 0. The van der Waals surface area contributed by atoms with E-state index >= 15 is 0 Å². The molecule has 0 aromatic heterocycles. The second-order valence-corrected chi connectivity index (χ2v) is 10.4. The van der Waals surface area contributed by atoms with E-state index in [4.69, 9.17) is 0 Å². The van der Waals surface area contributed by atoms with E-state index < -0.39 is 0 Å². The molecule has 2 rings (SSSR count). The van der Waals surface area contributed by atoms with E-state index in [1.807, 2.05) is 0 Å². The molecule has 0 aliphatic carbocycles. The Morgan fingerprint density at radius 1 is 0.833 bits per heavy atom. The molecule has 0 atom stereocenters. The van der Waals surface area contributed by atoms with Crippen molar-refractivity contribution in [1.29, 1.82) is 0 Å². The molecule has 0 amide bonds. The molecule has 18 heavy (non-hydrogen) atoms. The monoisotopic (exact) mass is 345 g/mol. The number of benzene rings is 2. The number of hydrogen-bond acceptors (Lipinski definition) is 0. The van der Waals surface area contributed by atoms with Crippen LogP contribution in [0.15, 0.2) is 60.7 Å². The van der Waals surface area contributed by atoms with Crippen LogP contribution in [0.5, 0.6) is 0 Å². The van der Waals surface area contributed by atoms with Crippen LogP contribution in [0, 0.1) is 0 Å². The third kappa shape index (κ3) is 4.01. The Hall–Kier alpha value is -0.507. The van der Waals surface area contributed by atoms with Gasteiger partial charge in [0.05, 0.1) is 0 Å². The van der Waals surface area contributed by atoms with E-state index in [1.165, 1.54) is 17.9 Å². The molecule has 0 fully saturated rings. The predicted molar refractivity (Wildman–Crippen MR) is 78.8 cm³/mol. The van der Waals surface area contributed by atoms with E-state index in [-0.39, 0.29) is 6.25 Å². The fraction of sp³-hybridized carbons (Fsp3) is 0.250. The first-order valence-corrected chi connectivity index (χ1v) is 10.9. The zero-order valence-electron chi connectivity index (χ0n) is 10.7. The molecule has 0 radical (unpaired) electrons. The molecule has 0 nitrogen and oxygen atoms in total. The molecule has 2 aromatic carbocycles. The summed E-state index contributed by atoms with van der Waals surface area (Å²) in [5.74, 6) is 0. The minimum atomic E-state index is -0.0925. The standard InChI is InChI=1S/C12H10P.C4H9.Rh/c1-3-7-11(8-4-1)13-12-9-5-2-6-10-12;1-3-4-2;/h1-10H;1,3-4H2,2H3;/q-1;;+1. The minimum absolute atomic E-state index is 0.0925. The number of rotatable bonds is 6. The van der Waals surface area contributed by atoms with Crippen LogP contribution in [0.4, 0.5) is 0 Å². The van der Waals surface area contributed by atoms with Crippen molar-refractivity contribution in [2.75, 3.05) is 0 Å². The molecule has 2 aromatic rings. The zero-order valence-corrected chi connectivity index (χ0v) is 13.2. The summed E-state index contributed by atoms with van der Waals surface area (Å²) in [6.07, 6.45) is 2.60. The Kier molecular flexibility index (Phi) is 6.05. The second-order valence-electron chi connectivity index (χ2n) is 4.06. The Bertz CT molecular complexity index is 402. The van der Waals surface area contributed by atoms with Gasteiger partial charge in [-0.2, -0.15) is 0 Å². The van der Waals surface area contributed by atoms with Crippen LogP contribution in [-0.2, 0) is 16.6 Å². The van der Waals surface area contributed by atoms with Crippen LogP contribution in [0.2, 0.25) is 5.02 Å². The summed E-state index contributed by atoms with van der Waals surface area (Å²) in [6, 6.07) is 22.1. The van der Waals surface area contributed by atoms with Crippen molar-refractivity contribution in [3.8, 4) is 0 Å². The molecule has 0 saturated heterocycles. The van der Waals surface area contributed by atoms with Gasteiger partial charge < -0.3 is 0 Å². The van der Waals surface area contributed by atoms with Gasteiger partial charge in [-0.1, -0.05) is 0 Å². The molecule has 0 unspecified atom stereocenters. The molecule has 0 heterocycles. The van der Waals surface area contributed by atoms with Gasteiger partial charge in [0.1, 0.15) is 0 Å². The Balaban J connectivity index is 2.18. The Morgan fingerprint density at radius 3 is 1.78 bits per heavy atom. The molecular weight excluding hydrogens is 326 g/mol. The van der Waals surface area contributed by atoms with Gasteiger partial charge in [-0.3, -0.25) is 0 Å². The molecule has 0 bridgehead atoms. The molecule has 0 aliphatic heterocycles. The average molecular weight is 345 g/mol. The maximum absolute atomic E-state index is 2.30. The molecule has 0 aliphatic rings. The first-order valence-electron chi connectivity index (χ1n) is 6.36. The SMILES string of the molecule is CCC[CH2][Rh][P](c1ccccc1)c1ccccc1. The summed E-state index contributed by atoms with van der Waals surface area (Å²) in [5.41, 5.74) is 0. The quantitative estimate of drug-likeness (QED) is 0.415. The van der Waals surface area contributed by atoms with E-state index in [9.17, 15) is 0 Å². The van der Waals surface area contributed by atoms with Crippen molar-refractivity contribution in [3.63, 3.8) is 0 Å². The number of unbranched alkanes of at least 4 members (excludes halogenated alkanes) is 1. The van der Waals surface area contributed by atoms with E-state index in [0.29, 0.717) is 16.6 Å². The molecular formula is C16H19PRh. The first-order chi connectivity index (χ1) is 8.92. The van der Waals surface area contributed by atoms with E-state index in [2.05, 4.69) is 67.6 Å². The van der Waals surface area contributed by atoms with Crippen molar-refractivity contribution in [2.24, 2.45) is 0 Å². The third-order valence-electron chi connectivity index (χ3n) is 2.59. The second kappa shape index (κ2) is 7.83. The summed E-state index contributed by atoms with van der Waals surface area (Å²) in [6.45, 7) is 2.28. The van der Waals surface area contributed by atoms with Crippen LogP contribution in [-0.4, -0.2) is 0 Å². The van der Waals surface area contributed by atoms with Crippen molar-refractivity contribution in [3.05, 3.63) is 60.7 Å². The van der Waals surface area contributed by atoms with Gasteiger partial charge in [0.2, 0.25) is 0 Å². The van der Waals surface area contributed by atoms with Gasteiger partial charge >= 0.3 is 119 Å². The molecule has 0 N–H and O–H groups in total. The van der Waals surface area contributed by atoms with E-state index in [0.717, 1.165) is 0 Å². The van der Waals surface area contributed by atoms with Gasteiger partial charge in [-0.05, 0) is 0 Å². The molecule has 2 heteroatoms. The van der Waals surface area contributed by atoms with Crippen molar-refractivity contribution in [1.82, 2.24) is 0 Å². The summed E-state index contributed by atoms with van der Waals surface area (Å²) in [4.78, 5) is 0. The van der Waals surface area contributed by atoms with Crippen molar-refractivity contribution < 1.29 is 16.6 Å². The van der Waals surface area contributed by atoms with Crippen LogP contribution < -0.4 is 10.6 Å². The van der Waals surface area contributed by atoms with Crippen molar-refractivity contribution in [2.45, 2.75) is 24.8 Å². The Labute approximate surface area is 119 Å². The number of hydrogen-bond donors (Lipinski definition) is 0. The van der Waals surface area contributed by atoms with Crippen LogP contribution in [0.25, 0.3) is 0 Å². The summed E-state index contributed by atoms with van der Waals surface area (Å²) < 4.78 is 0. The van der Waals surface area contributed by atoms with Gasteiger partial charge in [-0.15, -0.1) is 0 Å². The average Bonchev–Trinajstić information content (AvgIpc) is 2.46. The van der Waals surface area contributed by atoms with E-state index in [1.54, 1.807) is 10.6 Å². The summed E-state index contributed by atoms with van der Waals surface area (Å²) in [5, 5.41) is 4.49. The zero-order chi connectivity index (χ0) is 12.6. The molecule has 0 spiro atoms. The molecule has 97 valence electrons. The fourth-order valence-corrected chi connectivity index (χ4v) is 8.97. The van der Waals surface area contributed by atoms with Crippen molar-refractivity contribution >= 4 is 16.9 Å². The van der Waals surface area contributed by atoms with Gasteiger partial charge in [0, 0.05) is 0 Å².